The summed E-state index contributed by atoms with van der Waals surface area (Å²) in [5.41, 5.74) is 0.392. The minimum absolute atomic E-state index is 0.176. The molecule has 4 rings (SSSR count). The molecule has 24 heavy (non-hydrogen) atoms. The second-order valence-corrected chi connectivity index (χ2v) is 6.13. The standard InChI is InChI=1S/C16H12N2O5S/c19-13-12(16(21)18-9-3-4-24-14(9)13)15(20)17-6-8-1-2-10-11(5-8)23-7-22-10/h1-5H,6-7H2,(H,17,20)(H2,18,19,21). The van der Waals surface area contributed by atoms with Crippen LogP contribution in [0.4, 0.5) is 0 Å². The van der Waals surface area contributed by atoms with Gasteiger partial charge in [0.25, 0.3) is 11.5 Å². The van der Waals surface area contributed by atoms with Gasteiger partial charge in [0, 0.05) is 6.54 Å². The maximum absolute atomic E-state index is 12.3. The van der Waals surface area contributed by atoms with E-state index in [4.69, 9.17) is 9.47 Å². The Morgan fingerprint density at radius 1 is 1.29 bits per heavy atom. The van der Waals surface area contributed by atoms with Gasteiger partial charge in [0.05, 0.1) is 10.2 Å². The molecule has 3 N–H and O–H groups in total. The lowest BCUT2D eigenvalue weighted by Gasteiger charge is -2.07. The number of nitrogens with one attached hydrogen (secondary N) is 2. The molecule has 0 bridgehead atoms. The molecule has 8 heteroatoms. The van der Waals surface area contributed by atoms with Gasteiger partial charge in [-0.25, -0.2) is 0 Å². The van der Waals surface area contributed by atoms with Crippen LogP contribution in [0.2, 0.25) is 0 Å². The van der Waals surface area contributed by atoms with E-state index < -0.39 is 11.5 Å². The molecule has 1 aromatic carbocycles. The van der Waals surface area contributed by atoms with Crippen LogP contribution in [0.25, 0.3) is 10.2 Å². The number of fused-ring (bicyclic) bond motifs is 2. The number of carbonyl (C=O) groups excluding carboxylic acids is 1. The Labute approximate surface area is 139 Å². The molecule has 1 amide bonds. The Balaban J connectivity index is 1.57. The van der Waals surface area contributed by atoms with Crippen molar-refractivity contribution in [3.63, 3.8) is 0 Å². The van der Waals surface area contributed by atoms with Crippen molar-refractivity contribution in [2.45, 2.75) is 6.54 Å². The minimum Gasteiger partial charge on any atom is -0.505 e. The molecule has 1 aliphatic rings. The number of rotatable bonds is 3. The molecular formula is C16H12N2O5S. The fourth-order valence-corrected chi connectivity index (χ4v) is 3.33. The zero-order valence-corrected chi connectivity index (χ0v) is 13.1. The number of pyridine rings is 1. The molecule has 3 heterocycles. The van der Waals surface area contributed by atoms with E-state index in [2.05, 4.69) is 10.3 Å². The summed E-state index contributed by atoms with van der Waals surface area (Å²) >= 11 is 1.25. The molecule has 0 radical (unpaired) electrons. The van der Waals surface area contributed by atoms with Gasteiger partial charge in [-0.3, -0.25) is 9.59 Å². The molecular weight excluding hydrogens is 332 g/mol. The number of hydrogen-bond acceptors (Lipinski definition) is 6. The van der Waals surface area contributed by atoms with Crippen molar-refractivity contribution in [2.24, 2.45) is 0 Å². The van der Waals surface area contributed by atoms with Crippen LogP contribution in [-0.2, 0) is 6.54 Å². The predicted molar refractivity (Wildman–Crippen MR) is 87.8 cm³/mol. The first-order valence-corrected chi connectivity index (χ1v) is 8.00. The number of aromatic hydroxyl groups is 1. The second kappa shape index (κ2) is 5.57. The molecule has 3 aromatic rings. The van der Waals surface area contributed by atoms with Crippen molar-refractivity contribution >= 4 is 27.5 Å². The Bertz CT molecular complexity index is 1010. The van der Waals surface area contributed by atoms with Gasteiger partial charge >= 0.3 is 0 Å². The number of hydrogen-bond donors (Lipinski definition) is 3. The molecule has 0 fully saturated rings. The van der Waals surface area contributed by atoms with Gasteiger partial charge in [0.15, 0.2) is 17.2 Å². The third-order valence-electron chi connectivity index (χ3n) is 3.71. The molecule has 1 aliphatic heterocycles. The van der Waals surface area contributed by atoms with Crippen LogP contribution >= 0.6 is 11.3 Å². The van der Waals surface area contributed by atoms with E-state index in [9.17, 15) is 14.7 Å². The summed E-state index contributed by atoms with van der Waals surface area (Å²) in [6, 6.07) is 6.98. The summed E-state index contributed by atoms with van der Waals surface area (Å²) in [7, 11) is 0. The van der Waals surface area contributed by atoms with Crippen molar-refractivity contribution in [3.05, 3.63) is 51.1 Å². The number of ether oxygens (including phenoxy) is 2. The van der Waals surface area contributed by atoms with E-state index in [-0.39, 0.29) is 24.7 Å². The Morgan fingerprint density at radius 3 is 3.00 bits per heavy atom. The van der Waals surface area contributed by atoms with E-state index in [1.165, 1.54) is 11.3 Å². The zero-order valence-electron chi connectivity index (χ0n) is 12.3. The first kappa shape index (κ1) is 14.6. The number of aromatic amines is 1. The SMILES string of the molecule is O=C(NCc1ccc2c(c1)OCO2)c1c(O)c2sccc2[nH]c1=O. The first-order valence-electron chi connectivity index (χ1n) is 7.12. The van der Waals surface area contributed by atoms with Gasteiger partial charge in [0.2, 0.25) is 6.79 Å². The van der Waals surface area contributed by atoms with Crippen molar-refractivity contribution in [1.82, 2.24) is 10.3 Å². The molecule has 2 aromatic heterocycles. The number of carbonyl (C=O) groups is 1. The van der Waals surface area contributed by atoms with Crippen LogP contribution in [-0.4, -0.2) is 22.8 Å². The average Bonchev–Trinajstić information content (AvgIpc) is 3.21. The summed E-state index contributed by atoms with van der Waals surface area (Å²) in [5, 5.41) is 14.6. The fraction of sp³-hybridized carbons (Fsp3) is 0.125. The maximum atomic E-state index is 12.3. The third kappa shape index (κ3) is 2.37. The Kier molecular flexibility index (Phi) is 3.39. The van der Waals surface area contributed by atoms with Crippen LogP contribution in [0.1, 0.15) is 15.9 Å². The lowest BCUT2D eigenvalue weighted by atomic mass is 10.2. The molecule has 0 spiro atoms. The van der Waals surface area contributed by atoms with Crippen molar-refractivity contribution in [2.75, 3.05) is 6.79 Å². The third-order valence-corrected chi connectivity index (χ3v) is 4.63. The first-order chi connectivity index (χ1) is 11.6. The van der Waals surface area contributed by atoms with E-state index in [0.29, 0.717) is 21.7 Å². The molecule has 0 saturated heterocycles. The Morgan fingerprint density at radius 2 is 2.12 bits per heavy atom. The average molecular weight is 344 g/mol. The lowest BCUT2D eigenvalue weighted by Crippen LogP contribution is -2.29. The maximum Gasteiger partial charge on any atom is 0.265 e. The monoisotopic (exact) mass is 344 g/mol. The molecule has 0 saturated carbocycles. The molecule has 0 atom stereocenters. The normalized spacial score (nSPS) is 12.5. The van der Waals surface area contributed by atoms with Crippen LogP contribution in [0.3, 0.4) is 0 Å². The lowest BCUT2D eigenvalue weighted by molar-refractivity contribution is 0.0947. The van der Waals surface area contributed by atoms with E-state index in [1.807, 2.05) is 0 Å². The van der Waals surface area contributed by atoms with Crippen LogP contribution in [0.15, 0.2) is 34.4 Å². The molecule has 0 unspecified atom stereocenters. The Hall–Kier alpha value is -3.00. The van der Waals surface area contributed by atoms with Crippen molar-refractivity contribution < 1.29 is 19.4 Å². The number of benzene rings is 1. The van der Waals surface area contributed by atoms with E-state index in [1.54, 1.807) is 29.6 Å². The summed E-state index contributed by atoms with van der Waals surface area (Å²) in [6.07, 6.45) is 0. The van der Waals surface area contributed by atoms with Crippen molar-refractivity contribution in [1.29, 1.82) is 0 Å². The highest BCUT2D eigenvalue weighted by Crippen LogP contribution is 2.32. The van der Waals surface area contributed by atoms with Gasteiger partial charge in [0.1, 0.15) is 5.56 Å². The largest absolute Gasteiger partial charge is 0.505 e. The van der Waals surface area contributed by atoms with Crippen LogP contribution < -0.4 is 20.3 Å². The van der Waals surface area contributed by atoms with Gasteiger partial charge < -0.3 is 24.9 Å². The molecule has 0 aliphatic carbocycles. The number of aromatic nitrogens is 1. The summed E-state index contributed by atoms with van der Waals surface area (Å²) in [4.78, 5) is 27.0. The highest BCUT2D eigenvalue weighted by atomic mass is 32.1. The van der Waals surface area contributed by atoms with Crippen molar-refractivity contribution in [3.8, 4) is 17.2 Å². The minimum atomic E-state index is -0.637. The van der Waals surface area contributed by atoms with E-state index >= 15 is 0 Å². The van der Waals surface area contributed by atoms with E-state index in [0.717, 1.165) is 5.56 Å². The topological polar surface area (TPSA) is 101 Å². The quantitative estimate of drug-likeness (QED) is 0.674. The molecule has 7 nitrogen and oxygen atoms in total. The summed E-state index contributed by atoms with van der Waals surface area (Å²) in [6.45, 7) is 0.367. The second-order valence-electron chi connectivity index (χ2n) is 5.21. The van der Waals surface area contributed by atoms with Gasteiger partial charge in [-0.1, -0.05) is 6.07 Å². The van der Waals surface area contributed by atoms with Crippen LogP contribution in [0.5, 0.6) is 17.2 Å². The predicted octanol–water partition coefficient (Wildman–Crippen LogP) is 1.95. The van der Waals surface area contributed by atoms with Gasteiger partial charge in [-0.05, 0) is 29.1 Å². The summed E-state index contributed by atoms with van der Waals surface area (Å²) in [5.74, 6) is 0.332. The highest BCUT2D eigenvalue weighted by molar-refractivity contribution is 7.17. The number of H-pyrrole nitrogens is 1. The van der Waals surface area contributed by atoms with Gasteiger partial charge in [-0.2, -0.15) is 0 Å². The van der Waals surface area contributed by atoms with Crippen LogP contribution in [0, 0.1) is 0 Å². The van der Waals surface area contributed by atoms with Gasteiger partial charge in [-0.15, -0.1) is 11.3 Å². The highest BCUT2D eigenvalue weighted by Gasteiger charge is 2.20. The number of amides is 1. The molecule has 122 valence electrons. The fourth-order valence-electron chi connectivity index (χ4n) is 2.53. The zero-order chi connectivity index (χ0) is 16.7. The summed E-state index contributed by atoms with van der Waals surface area (Å²) < 4.78 is 11.0. The number of thiophene rings is 1. The smallest absolute Gasteiger partial charge is 0.265 e.